The van der Waals surface area contributed by atoms with Gasteiger partial charge in [-0.25, -0.2) is 4.79 Å². The molecule has 1 saturated heterocycles. The van der Waals surface area contributed by atoms with Gasteiger partial charge in [-0.3, -0.25) is 0 Å². The lowest BCUT2D eigenvalue weighted by Gasteiger charge is -2.43. The SMILES string of the molecule is CNC[C@@H](NC(=O)N1CCC[C@@H]([C@@](O)(CCCCOC)c2ccccc2Oc2ccccc2)C1)[C@@H](O)C(C)C. The maximum Gasteiger partial charge on any atom is 0.317 e. The van der Waals surface area contributed by atoms with Crippen molar-refractivity contribution in [2.24, 2.45) is 11.8 Å². The van der Waals surface area contributed by atoms with Crippen LogP contribution in [0.1, 0.15) is 51.5 Å². The summed E-state index contributed by atoms with van der Waals surface area (Å²) in [6, 6.07) is 16.6. The quantitative estimate of drug-likeness (QED) is 0.263. The Bertz CT molecular complexity index is 1000. The number of para-hydroxylation sites is 2. The summed E-state index contributed by atoms with van der Waals surface area (Å²) in [5.74, 6) is 1.15. The first-order valence-electron chi connectivity index (χ1n) is 14.2. The Hall–Kier alpha value is -2.65. The number of hydrogen-bond donors (Lipinski definition) is 4. The van der Waals surface area contributed by atoms with Crippen LogP contribution in [-0.4, -0.2) is 73.7 Å². The normalized spacial score (nSPS) is 18.8. The number of amides is 2. The minimum atomic E-state index is -1.19. The first kappa shape index (κ1) is 30.9. The van der Waals surface area contributed by atoms with E-state index in [1.807, 2.05) is 75.5 Å². The molecular weight excluding hydrogens is 494 g/mol. The van der Waals surface area contributed by atoms with Gasteiger partial charge in [-0.1, -0.05) is 50.2 Å². The molecule has 0 radical (unpaired) electrons. The highest BCUT2D eigenvalue weighted by Gasteiger charge is 2.43. The molecule has 8 heteroatoms. The average Bonchev–Trinajstić information content (AvgIpc) is 2.95. The summed E-state index contributed by atoms with van der Waals surface area (Å²) < 4.78 is 11.5. The lowest BCUT2D eigenvalue weighted by atomic mass is 9.73. The van der Waals surface area contributed by atoms with Crippen LogP contribution in [0.25, 0.3) is 0 Å². The Morgan fingerprint density at radius 3 is 2.54 bits per heavy atom. The first-order valence-corrected chi connectivity index (χ1v) is 14.2. The first-order chi connectivity index (χ1) is 18.8. The number of carbonyl (C=O) groups is 1. The summed E-state index contributed by atoms with van der Waals surface area (Å²) in [5.41, 5.74) is -0.457. The zero-order valence-electron chi connectivity index (χ0n) is 23.9. The molecule has 2 aromatic rings. The second kappa shape index (κ2) is 15.2. The fourth-order valence-electron chi connectivity index (χ4n) is 5.47. The number of piperidine rings is 1. The van der Waals surface area contributed by atoms with Gasteiger partial charge >= 0.3 is 6.03 Å². The van der Waals surface area contributed by atoms with Gasteiger partial charge in [0.05, 0.1) is 17.7 Å². The number of hydrogen-bond acceptors (Lipinski definition) is 6. The molecule has 0 unspecified atom stereocenters. The molecular formula is C31H47N3O5. The lowest BCUT2D eigenvalue weighted by Crippen LogP contribution is -2.57. The number of rotatable bonds is 14. The number of likely N-dealkylation sites (N-methyl/N-ethyl adjacent to an activating group) is 1. The Labute approximate surface area is 233 Å². The van der Waals surface area contributed by atoms with E-state index in [9.17, 15) is 15.0 Å². The number of nitrogens with one attached hydrogen (secondary N) is 2. The smallest absolute Gasteiger partial charge is 0.317 e. The van der Waals surface area contributed by atoms with Gasteiger partial charge in [0.1, 0.15) is 11.5 Å². The Morgan fingerprint density at radius 1 is 1.13 bits per heavy atom. The number of likely N-dealkylation sites (tertiary alicyclic amines) is 1. The van der Waals surface area contributed by atoms with Gasteiger partial charge in [0.2, 0.25) is 0 Å². The molecule has 2 amide bonds. The predicted molar refractivity (Wildman–Crippen MR) is 154 cm³/mol. The number of aliphatic hydroxyl groups excluding tert-OH is 1. The number of nitrogens with zero attached hydrogens (tertiary/aromatic N) is 1. The van der Waals surface area contributed by atoms with Crippen molar-refractivity contribution in [1.82, 2.24) is 15.5 Å². The van der Waals surface area contributed by atoms with Crippen molar-refractivity contribution in [2.45, 2.75) is 63.7 Å². The number of aliphatic hydroxyl groups is 2. The van der Waals surface area contributed by atoms with Crippen LogP contribution in [0.5, 0.6) is 11.5 Å². The largest absolute Gasteiger partial charge is 0.457 e. The summed E-state index contributed by atoms with van der Waals surface area (Å²) in [6.07, 6.45) is 3.04. The van der Waals surface area contributed by atoms with E-state index in [1.54, 1.807) is 12.0 Å². The van der Waals surface area contributed by atoms with Gasteiger partial charge in [0.25, 0.3) is 0 Å². The van der Waals surface area contributed by atoms with Gasteiger partial charge in [-0.2, -0.15) is 0 Å². The topological polar surface area (TPSA) is 103 Å². The molecule has 3 rings (SSSR count). The average molecular weight is 542 g/mol. The van der Waals surface area contributed by atoms with E-state index in [0.717, 1.165) is 31.2 Å². The van der Waals surface area contributed by atoms with Gasteiger partial charge in [0.15, 0.2) is 0 Å². The van der Waals surface area contributed by atoms with E-state index in [4.69, 9.17) is 9.47 Å². The third kappa shape index (κ3) is 8.42. The number of benzene rings is 2. The molecule has 4 N–H and O–H groups in total. The van der Waals surface area contributed by atoms with Crippen LogP contribution in [0.4, 0.5) is 4.79 Å². The standard InChI is InChI=1S/C31H47N3O5/c1-23(2)29(35)27(21-32-3)33-30(36)34-19-12-13-24(22-34)31(37,18-10-11-20-38-4)26-16-8-9-17-28(26)39-25-14-6-5-7-15-25/h5-9,14-17,23-24,27,29,32,35,37H,10-13,18-22H2,1-4H3,(H,33,36)/t24-,27-,29+,31+/m1/s1. The Morgan fingerprint density at radius 2 is 1.85 bits per heavy atom. The van der Waals surface area contributed by atoms with Crippen molar-refractivity contribution in [3.05, 3.63) is 60.2 Å². The molecule has 0 bridgehead atoms. The van der Waals surface area contributed by atoms with Crippen LogP contribution in [0, 0.1) is 11.8 Å². The van der Waals surface area contributed by atoms with Gasteiger partial charge < -0.3 is 35.2 Å². The molecule has 1 heterocycles. The van der Waals surface area contributed by atoms with Crippen molar-refractivity contribution in [2.75, 3.05) is 40.4 Å². The van der Waals surface area contributed by atoms with Gasteiger partial charge in [0, 0.05) is 44.8 Å². The van der Waals surface area contributed by atoms with E-state index in [-0.39, 0.29) is 17.9 Å². The highest BCUT2D eigenvalue weighted by atomic mass is 16.5. The second-order valence-corrected chi connectivity index (χ2v) is 10.9. The van der Waals surface area contributed by atoms with Crippen molar-refractivity contribution in [3.8, 4) is 11.5 Å². The maximum absolute atomic E-state index is 13.4. The Kier molecular flexibility index (Phi) is 12.1. The minimum Gasteiger partial charge on any atom is -0.457 e. The minimum absolute atomic E-state index is 0.0102. The number of methoxy groups -OCH3 is 1. The molecule has 1 aliphatic heterocycles. The number of unbranched alkanes of at least 4 members (excludes halogenated alkanes) is 1. The van der Waals surface area contributed by atoms with E-state index in [2.05, 4.69) is 10.6 Å². The van der Waals surface area contributed by atoms with E-state index < -0.39 is 17.7 Å². The molecule has 8 nitrogen and oxygen atoms in total. The summed E-state index contributed by atoms with van der Waals surface area (Å²) >= 11 is 0. The summed E-state index contributed by atoms with van der Waals surface area (Å²) in [4.78, 5) is 15.2. The molecule has 0 saturated carbocycles. The van der Waals surface area contributed by atoms with Crippen LogP contribution in [-0.2, 0) is 10.3 Å². The molecule has 0 aromatic heterocycles. The molecule has 2 aromatic carbocycles. The zero-order valence-corrected chi connectivity index (χ0v) is 23.9. The fraction of sp³-hybridized carbons (Fsp3) is 0.581. The molecule has 0 aliphatic carbocycles. The zero-order chi connectivity index (χ0) is 28.3. The summed E-state index contributed by atoms with van der Waals surface area (Å²) in [6.45, 7) is 5.99. The highest BCUT2D eigenvalue weighted by Crippen LogP contribution is 2.44. The van der Waals surface area contributed by atoms with Crippen LogP contribution in [0.2, 0.25) is 0 Å². The summed E-state index contributed by atoms with van der Waals surface area (Å²) in [7, 11) is 3.49. The van der Waals surface area contributed by atoms with E-state index in [1.165, 1.54) is 0 Å². The van der Waals surface area contributed by atoms with Crippen LogP contribution in [0.3, 0.4) is 0 Å². The van der Waals surface area contributed by atoms with Gasteiger partial charge in [-0.05, 0) is 63.3 Å². The fourth-order valence-corrected chi connectivity index (χ4v) is 5.47. The van der Waals surface area contributed by atoms with E-state index >= 15 is 0 Å². The van der Waals surface area contributed by atoms with E-state index in [0.29, 0.717) is 44.2 Å². The molecule has 1 fully saturated rings. The summed E-state index contributed by atoms with van der Waals surface area (Å²) in [5, 5.41) is 29.2. The monoisotopic (exact) mass is 541 g/mol. The molecule has 216 valence electrons. The van der Waals surface area contributed by atoms with Crippen molar-refractivity contribution >= 4 is 6.03 Å². The maximum atomic E-state index is 13.4. The third-order valence-corrected chi connectivity index (χ3v) is 7.69. The van der Waals surface area contributed by atoms with Crippen LogP contribution in [0.15, 0.2) is 54.6 Å². The molecule has 1 aliphatic rings. The lowest BCUT2D eigenvalue weighted by molar-refractivity contribution is -0.0577. The second-order valence-electron chi connectivity index (χ2n) is 10.9. The van der Waals surface area contributed by atoms with Crippen molar-refractivity contribution in [1.29, 1.82) is 0 Å². The number of ether oxygens (including phenoxy) is 2. The van der Waals surface area contributed by atoms with Crippen LogP contribution >= 0.6 is 0 Å². The van der Waals surface area contributed by atoms with Gasteiger partial charge in [-0.15, -0.1) is 0 Å². The third-order valence-electron chi connectivity index (χ3n) is 7.69. The number of carbonyl (C=O) groups excluding carboxylic acids is 1. The molecule has 4 atom stereocenters. The predicted octanol–water partition coefficient (Wildman–Crippen LogP) is 4.51. The highest BCUT2D eigenvalue weighted by molar-refractivity contribution is 5.74. The molecule has 39 heavy (non-hydrogen) atoms. The molecule has 0 spiro atoms. The van der Waals surface area contributed by atoms with Crippen molar-refractivity contribution < 1.29 is 24.5 Å². The Balaban J connectivity index is 1.85. The number of urea groups is 1. The van der Waals surface area contributed by atoms with Crippen molar-refractivity contribution in [3.63, 3.8) is 0 Å². The van der Waals surface area contributed by atoms with Crippen LogP contribution < -0.4 is 15.4 Å².